The molecule has 1 fully saturated rings. The van der Waals surface area contributed by atoms with Crippen molar-refractivity contribution in [2.24, 2.45) is 0 Å². The summed E-state index contributed by atoms with van der Waals surface area (Å²) in [6.07, 6.45) is 4.36. The number of carbonyl (C=O) groups is 1. The molecule has 1 atom stereocenters. The number of aromatic nitrogens is 3. The number of amides is 2. The molecule has 1 aliphatic rings. The molecule has 0 unspecified atom stereocenters. The maximum atomic E-state index is 12.3. The number of likely N-dealkylation sites (tertiary alicyclic amines) is 1. The molecule has 8 heteroatoms. The van der Waals surface area contributed by atoms with E-state index < -0.39 is 0 Å². The largest absolute Gasteiger partial charge is 0.493 e. The number of methoxy groups -OCH3 is 2. The van der Waals surface area contributed by atoms with Crippen LogP contribution in [0.1, 0.15) is 18.0 Å². The Kier molecular flexibility index (Phi) is 4.83. The highest BCUT2D eigenvalue weighted by Gasteiger charge is 2.27. The van der Waals surface area contributed by atoms with Crippen molar-refractivity contribution >= 4 is 6.03 Å². The maximum absolute atomic E-state index is 12.3. The summed E-state index contributed by atoms with van der Waals surface area (Å²) in [4.78, 5) is 14.1. The fourth-order valence-corrected chi connectivity index (χ4v) is 2.83. The molecule has 24 heavy (non-hydrogen) atoms. The first-order chi connectivity index (χ1) is 11.7. The number of urea groups is 1. The maximum Gasteiger partial charge on any atom is 0.317 e. The van der Waals surface area contributed by atoms with Gasteiger partial charge in [-0.15, -0.1) is 5.10 Å². The Morgan fingerprint density at radius 3 is 2.88 bits per heavy atom. The van der Waals surface area contributed by atoms with Gasteiger partial charge in [0.05, 0.1) is 26.5 Å². The van der Waals surface area contributed by atoms with Gasteiger partial charge in [0.25, 0.3) is 0 Å². The number of nitrogens with one attached hydrogen (secondary N) is 1. The Hall–Kier alpha value is -2.77. The number of hydrogen-bond acceptors (Lipinski definition) is 5. The predicted octanol–water partition coefficient (Wildman–Crippen LogP) is 1.45. The van der Waals surface area contributed by atoms with Crippen molar-refractivity contribution in [3.8, 4) is 11.5 Å². The number of rotatable bonds is 5. The second-order valence-corrected chi connectivity index (χ2v) is 5.62. The van der Waals surface area contributed by atoms with Crippen LogP contribution in [0.4, 0.5) is 4.79 Å². The second kappa shape index (κ2) is 7.20. The van der Waals surface area contributed by atoms with Crippen LogP contribution in [-0.2, 0) is 6.54 Å². The molecule has 0 aliphatic carbocycles. The van der Waals surface area contributed by atoms with E-state index in [0.29, 0.717) is 31.1 Å². The van der Waals surface area contributed by atoms with Crippen molar-refractivity contribution < 1.29 is 14.3 Å². The van der Waals surface area contributed by atoms with Gasteiger partial charge in [0.2, 0.25) is 0 Å². The van der Waals surface area contributed by atoms with Gasteiger partial charge in [-0.25, -0.2) is 9.48 Å². The summed E-state index contributed by atoms with van der Waals surface area (Å²) < 4.78 is 12.3. The number of benzene rings is 1. The molecule has 1 saturated heterocycles. The number of ether oxygens (including phenoxy) is 2. The van der Waals surface area contributed by atoms with Gasteiger partial charge in [-0.3, -0.25) is 0 Å². The standard InChI is InChI=1S/C16H21N5O3/c1-23-14-4-3-12(9-15(14)24-2)10-17-16(22)20-7-5-13(11-20)21-8-6-18-19-21/h3-4,6,8-9,13H,5,7,10-11H2,1-2H3,(H,17,22)/t13-/m1/s1. The minimum absolute atomic E-state index is 0.0765. The van der Waals surface area contributed by atoms with Gasteiger partial charge in [0, 0.05) is 25.8 Å². The molecule has 0 radical (unpaired) electrons. The molecule has 0 spiro atoms. The van der Waals surface area contributed by atoms with E-state index in [4.69, 9.17) is 9.47 Å². The van der Waals surface area contributed by atoms with Crippen molar-refractivity contribution in [1.82, 2.24) is 25.2 Å². The zero-order chi connectivity index (χ0) is 16.9. The molecule has 1 N–H and O–H groups in total. The SMILES string of the molecule is COc1ccc(CNC(=O)N2CC[C@@H](n3ccnn3)C2)cc1OC. The lowest BCUT2D eigenvalue weighted by Crippen LogP contribution is -2.38. The van der Waals surface area contributed by atoms with Crippen molar-refractivity contribution in [2.75, 3.05) is 27.3 Å². The summed E-state index contributed by atoms with van der Waals surface area (Å²) in [5, 5.41) is 10.8. The first-order valence-corrected chi connectivity index (χ1v) is 7.80. The summed E-state index contributed by atoms with van der Waals surface area (Å²) in [5.41, 5.74) is 0.952. The van der Waals surface area contributed by atoms with Crippen molar-refractivity contribution in [3.05, 3.63) is 36.2 Å². The zero-order valence-corrected chi connectivity index (χ0v) is 13.8. The lowest BCUT2D eigenvalue weighted by Gasteiger charge is -2.17. The fraction of sp³-hybridized carbons (Fsp3) is 0.438. The molecular weight excluding hydrogens is 310 g/mol. The van der Waals surface area contributed by atoms with E-state index in [1.54, 1.807) is 25.3 Å². The average molecular weight is 331 g/mol. The molecule has 1 aliphatic heterocycles. The second-order valence-electron chi connectivity index (χ2n) is 5.62. The van der Waals surface area contributed by atoms with Gasteiger partial charge in [0.15, 0.2) is 11.5 Å². The molecule has 2 aromatic rings. The highest BCUT2D eigenvalue weighted by atomic mass is 16.5. The summed E-state index contributed by atoms with van der Waals surface area (Å²) in [5.74, 6) is 1.32. The third-order valence-electron chi connectivity index (χ3n) is 4.16. The zero-order valence-electron chi connectivity index (χ0n) is 13.8. The van der Waals surface area contributed by atoms with Crippen LogP contribution in [0.5, 0.6) is 11.5 Å². The lowest BCUT2D eigenvalue weighted by molar-refractivity contribution is 0.206. The summed E-state index contributed by atoms with van der Waals surface area (Å²) in [7, 11) is 3.19. The molecule has 128 valence electrons. The van der Waals surface area contributed by atoms with Crippen LogP contribution in [0.25, 0.3) is 0 Å². The van der Waals surface area contributed by atoms with Gasteiger partial charge >= 0.3 is 6.03 Å². The lowest BCUT2D eigenvalue weighted by atomic mass is 10.2. The third-order valence-corrected chi connectivity index (χ3v) is 4.16. The topological polar surface area (TPSA) is 81.5 Å². The Morgan fingerprint density at radius 1 is 1.33 bits per heavy atom. The predicted molar refractivity (Wildman–Crippen MR) is 87.0 cm³/mol. The van der Waals surface area contributed by atoms with E-state index in [2.05, 4.69) is 15.6 Å². The average Bonchev–Trinajstić information content (AvgIpc) is 3.30. The molecule has 8 nitrogen and oxygen atoms in total. The molecule has 2 heterocycles. The molecule has 3 rings (SSSR count). The van der Waals surface area contributed by atoms with Crippen molar-refractivity contribution in [1.29, 1.82) is 0 Å². The van der Waals surface area contributed by atoms with E-state index in [0.717, 1.165) is 12.0 Å². The van der Waals surface area contributed by atoms with Crippen LogP contribution >= 0.6 is 0 Å². The molecule has 1 aromatic heterocycles. The van der Waals surface area contributed by atoms with Crippen LogP contribution < -0.4 is 14.8 Å². The van der Waals surface area contributed by atoms with Crippen LogP contribution in [0.3, 0.4) is 0 Å². The highest BCUT2D eigenvalue weighted by Crippen LogP contribution is 2.27. The van der Waals surface area contributed by atoms with E-state index >= 15 is 0 Å². The van der Waals surface area contributed by atoms with Gasteiger partial charge in [-0.05, 0) is 24.1 Å². The fourth-order valence-electron chi connectivity index (χ4n) is 2.83. The van der Waals surface area contributed by atoms with E-state index in [1.807, 2.05) is 29.1 Å². The quantitative estimate of drug-likeness (QED) is 0.897. The Morgan fingerprint density at radius 2 is 2.17 bits per heavy atom. The van der Waals surface area contributed by atoms with E-state index in [1.165, 1.54) is 0 Å². The monoisotopic (exact) mass is 331 g/mol. The number of hydrogen-bond donors (Lipinski definition) is 1. The summed E-state index contributed by atoms with van der Waals surface area (Å²) >= 11 is 0. The van der Waals surface area contributed by atoms with Crippen LogP contribution in [-0.4, -0.2) is 53.2 Å². The normalized spacial score (nSPS) is 16.9. The van der Waals surface area contributed by atoms with Crippen LogP contribution in [0, 0.1) is 0 Å². The minimum atomic E-state index is -0.0765. The molecule has 1 aromatic carbocycles. The number of nitrogens with zero attached hydrogens (tertiary/aromatic N) is 4. The first kappa shape index (κ1) is 16.1. The van der Waals surface area contributed by atoms with Gasteiger partial charge in [-0.2, -0.15) is 0 Å². The third kappa shape index (κ3) is 3.42. The van der Waals surface area contributed by atoms with Gasteiger partial charge in [-0.1, -0.05) is 11.3 Å². The molecule has 2 amide bonds. The number of carbonyl (C=O) groups excluding carboxylic acids is 1. The highest BCUT2D eigenvalue weighted by molar-refractivity contribution is 5.74. The molecule has 0 saturated carbocycles. The Balaban J connectivity index is 1.54. The smallest absolute Gasteiger partial charge is 0.317 e. The first-order valence-electron chi connectivity index (χ1n) is 7.80. The van der Waals surface area contributed by atoms with Crippen molar-refractivity contribution in [3.63, 3.8) is 0 Å². The van der Waals surface area contributed by atoms with Gasteiger partial charge in [0.1, 0.15) is 0 Å². The summed E-state index contributed by atoms with van der Waals surface area (Å²) in [6.45, 7) is 1.78. The van der Waals surface area contributed by atoms with Crippen molar-refractivity contribution in [2.45, 2.75) is 19.0 Å². The summed E-state index contributed by atoms with van der Waals surface area (Å²) in [6, 6.07) is 5.72. The Bertz CT molecular complexity index is 689. The molecule has 0 bridgehead atoms. The van der Waals surface area contributed by atoms with Gasteiger partial charge < -0.3 is 19.7 Å². The Labute approximate surface area is 140 Å². The van der Waals surface area contributed by atoms with E-state index in [9.17, 15) is 4.79 Å². The van der Waals surface area contributed by atoms with Crippen LogP contribution in [0.2, 0.25) is 0 Å². The van der Waals surface area contributed by atoms with Crippen LogP contribution in [0.15, 0.2) is 30.6 Å². The minimum Gasteiger partial charge on any atom is -0.493 e. The van der Waals surface area contributed by atoms with E-state index in [-0.39, 0.29) is 12.1 Å². The molecular formula is C16H21N5O3.